The van der Waals surface area contributed by atoms with Gasteiger partial charge in [0, 0.05) is 12.0 Å². The molecule has 10 heavy (non-hydrogen) atoms. The highest BCUT2D eigenvalue weighted by Gasteiger charge is 2.54. The Labute approximate surface area is 60.0 Å². The number of hydrogen-bond donors (Lipinski definition) is 1. The molecule has 3 aliphatic rings. The van der Waals surface area contributed by atoms with Gasteiger partial charge >= 0.3 is 0 Å². The van der Waals surface area contributed by atoms with Crippen molar-refractivity contribution in [1.82, 2.24) is 5.32 Å². The van der Waals surface area contributed by atoms with E-state index in [9.17, 15) is 4.79 Å². The predicted octanol–water partition coefficient (Wildman–Crippen LogP) is 0.531. The van der Waals surface area contributed by atoms with E-state index in [-0.39, 0.29) is 0 Å². The van der Waals surface area contributed by atoms with Crippen molar-refractivity contribution in [1.29, 1.82) is 0 Å². The van der Waals surface area contributed by atoms with Crippen LogP contribution in [0, 0.1) is 17.8 Å². The molecule has 2 saturated carbocycles. The molecule has 1 saturated heterocycles. The number of carbonyl (C=O) groups excluding carboxylic acids is 1. The van der Waals surface area contributed by atoms with Gasteiger partial charge in [-0.1, -0.05) is 0 Å². The van der Waals surface area contributed by atoms with E-state index in [0.29, 0.717) is 17.9 Å². The quantitative estimate of drug-likeness (QED) is 0.518. The largest absolute Gasteiger partial charge is 0.353 e. The standard InChI is InChI=1S/C8H11NO/c10-8-6-2-4-1-5(6)7(3-4)9-8/h4-7H,1-3H2,(H,9,10). The summed E-state index contributed by atoms with van der Waals surface area (Å²) < 4.78 is 0. The van der Waals surface area contributed by atoms with Gasteiger partial charge in [-0.25, -0.2) is 0 Å². The topological polar surface area (TPSA) is 29.1 Å². The molecule has 3 rings (SSSR count). The van der Waals surface area contributed by atoms with Gasteiger partial charge in [0.15, 0.2) is 0 Å². The Morgan fingerprint density at radius 1 is 1.30 bits per heavy atom. The van der Waals surface area contributed by atoms with Crippen LogP contribution in [0.15, 0.2) is 0 Å². The number of nitrogens with one attached hydrogen (secondary N) is 1. The first-order valence-electron chi connectivity index (χ1n) is 4.15. The van der Waals surface area contributed by atoms with Crippen molar-refractivity contribution < 1.29 is 4.79 Å². The summed E-state index contributed by atoms with van der Waals surface area (Å²) in [5.41, 5.74) is 0. The molecule has 1 N–H and O–H groups in total. The maximum absolute atomic E-state index is 11.2. The number of carbonyl (C=O) groups is 1. The summed E-state index contributed by atoms with van der Waals surface area (Å²) in [5.74, 6) is 2.38. The Kier molecular flexibility index (Phi) is 0.715. The van der Waals surface area contributed by atoms with Gasteiger partial charge in [-0.15, -0.1) is 0 Å². The molecule has 0 aromatic rings. The van der Waals surface area contributed by atoms with Crippen LogP contribution in [-0.4, -0.2) is 11.9 Å². The zero-order valence-corrected chi connectivity index (χ0v) is 5.84. The lowest BCUT2D eigenvalue weighted by Crippen LogP contribution is -2.25. The molecular formula is C8H11NO. The first-order chi connectivity index (χ1) is 4.84. The Bertz CT molecular complexity index is 199. The minimum Gasteiger partial charge on any atom is -0.353 e. The number of hydrogen-bond acceptors (Lipinski definition) is 1. The van der Waals surface area contributed by atoms with Crippen molar-refractivity contribution in [3.63, 3.8) is 0 Å². The molecule has 1 aliphatic heterocycles. The molecule has 2 heteroatoms. The predicted molar refractivity (Wildman–Crippen MR) is 36.3 cm³/mol. The van der Waals surface area contributed by atoms with E-state index in [1.54, 1.807) is 0 Å². The molecule has 1 heterocycles. The van der Waals surface area contributed by atoms with Crippen LogP contribution in [0.4, 0.5) is 0 Å². The third kappa shape index (κ3) is 0.414. The fraction of sp³-hybridized carbons (Fsp3) is 0.875. The SMILES string of the molecule is O=C1NC2CC3CC1C2C3. The van der Waals surface area contributed by atoms with E-state index in [1.165, 1.54) is 19.3 Å². The smallest absolute Gasteiger partial charge is 0.223 e. The molecule has 4 atom stereocenters. The fourth-order valence-electron chi connectivity index (χ4n) is 3.11. The van der Waals surface area contributed by atoms with Crippen LogP contribution in [0.2, 0.25) is 0 Å². The van der Waals surface area contributed by atoms with Crippen molar-refractivity contribution in [3.8, 4) is 0 Å². The summed E-state index contributed by atoms with van der Waals surface area (Å²) in [6, 6.07) is 0.580. The van der Waals surface area contributed by atoms with Crippen LogP contribution >= 0.6 is 0 Å². The molecular weight excluding hydrogens is 126 g/mol. The molecule has 0 radical (unpaired) electrons. The molecule has 3 fully saturated rings. The lowest BCUT2D eigenvalue weighted by atomic mass is 9.90. The normalized spacial score (nSPS) is 55.8. The summed E-state index contributed by atoms with van der Waals surface area (Å²) in [6.07, 6.45) is 3.79. The Morgan fingerprint density at radius 3 is 2.80 bits per heavy atom. The van der Waals surface area contributed by atoms with Crippen LogP contribution in [-0.2, 0) is 4.79 Å². The van der Waals surface area contributed by atoms with Crippen LogP contribution in [0.5, 0.6) is 0 Å². The van der Waals surface area contributed by atoms with Gasteiger partial charge in [0.2, 0.25) is 5.91 Å². The van der Waals surface area contributed by atoms with E-state index < -0.39 is 0 Å². The van der Waals surface area contributed by atoms with Crippen LogP contribution in [0.1, 0.15) is 19.3 Å². The molecule has 0 aromatic heterocycles. The van der Waals surface area contributed by atoms with Crippen molar-refractivity contribution in [2.24, 2.45) is 17.8 Å². The number of fused-ring (bicyclic) bond motifs is 1. The van der Waals surface area contributed by atoms with Gasteiger partial charge < -0.3 is 5.32 Å². The zero-order valence-electron chi connectivity index (χ0n) is 5.84. The van der Waals surface area contributed by atoms with Crippen molar-refractivity contribution >= 4 is 5.91 Å². The Hall–Kier alpha value is -0.530. The van der Waals surface area contributed by atoms with Gasteiger partial charge in [0.25, 0.3) is 0 Å². The molecule has 0 spiro atoms. The van der Waals surface area contributed by atoms with Gasteiger partial charge in [-0.2, -0.15) is 0 Å². The second-order valence-electron chi connectivity index (χ2n) is 3.96. The second kappa shape index (κ2) is 1.39. The fourth-order valence-corrected chi connectivity index (χ4v) is 3.11. The summed E-state index contributed by atoms with van der Waals surface area (Å²) >= 11 is 0. The molecule has 2 aliphatic carbocycles. The summed E-state index contributed by atoms with van der Waals surface area (Å²) in [5, 5.41) is 3.07. The summed E-state index contributed by atoms with van der Waals surface area (Å²) in [6.45, 7) is 0. The molecule has 1 amide bonds. The van der Waals surface area contributed by atoms with Gasteiger partial charge in [-0.05, 0) is 31.1 Å². The minimum atomic E-state index is 0.343. The van der Waals surface area contributed by atoms with Crippen molar-refractivity contribution in [2.45, 2.75) is 25.3 Å². The average Bonchev–Trinajstić information content (AvgIpc) is 2.44. The summed E-state index contributed by atoms with van der Waals surface area (Å²) in [7, 11) is 0. The van der Waals surface area contributed by atoms with E-state index >= 15 is 0 Å². The monoisotopic (exact) mass is 137 g/mol. The van der Waals surface area contributed by atoms with E-state index in [1.807, 2.05) is 0 Å². The molecule has 0 aromatic carbocycles. The first kappa shape index (κ1) is 5.16. The highest BCUT2D eigenvalue weighted by Crippen LogP contribution is 2.51. The maximum Gasteiger partial charge on any atom is 0.223 e. The summed E-state index contributed by atoms with van der Waals surface area (Å²) in [4.78, 5) is 11.2. The van der Waals surface area contributed by atoms with Gasteiger partial charge in [0.05, 0.1) is 0 Å². The molecule has 2 nitrogen and oxygen atoms in total. The highest BCUT2D eigenvalue weighted by atomic mass is 16.2. The Morgan fingerprint density at radius 2 is 2.20 bits per heavy atom. The lowest BCUT2D eigenvalue weighted by molar-refractivity contribution is -0.122. The number of amides is 1. The number of rotatable bonds is 0. The van der Waals surface area contributed by atoms with Crippen LogP contribution in [0.25, 0.3) is 0 Å². The van der Waals surface area contributed by atoms with E-state index in [0.717, 1.165) is 11.8 Å². The molecule has 4 unspecified atom stereocenters. The molecule has 54 valence electrons. The van der Waals surface area contributed by atoms with Crippen molar-refractivity contribution in [3.05, 3.63) is 0 Å². The Balaban J connectivity index is 2.05. The third-order valence-corrected chi connectivity index (χ3v) is 3.48. The second-order valence-corrected chi connectivity index (χ2v) is 3.96. The van der Waals surface area contributed by atoms with E-state index in [4.69, 9.17) is 0 Å². The van der Waals surface area contributed by atoms with Crippen molar-refractivity contribution in [2.75, 3.05) is 0 Å². The highest BCUT2D eigenvalue weighted by molar-refractivity contribution is 5.82. The first-order valence-corrected chi connectivity index (χ1v) is 4.15. The minimum absolute atomic E-state index is 0.343. The lowest BCUT2D eigenvalue weighted by Gasteiger charge is -2.13. The van der Waals surface area contributed by atoms with E-state index in [2.05, 4.69) is 5.32 Å². The van der Waals surface area contributed by atoms with Gasteiger partial charge in [0.1, 0.15) is 0 Å². The maximum atomic E-state index is 11.2. The average molecular weight is 137 g/mol. The van der Waals surface area contributed by atoms with Crippen LogP contribution < -0.4 is 5.32 Å². The molecule has 2 bridgehead atoms. The zero-order chi connectivity index (χ0) is 6.72. The van der Waals surface area contributed by atoms with Crippen LogP contribution in [0.3, 0.4) is 0 Å². The van der Waals surface area contributed by atoms with Gasteiger partial charge in [-0.3, -0.25) is 4.79 Å². The third-order valence-electron chi connectivity index (χ3n) is 3.48.